The Morgan fingerprint density at radius 2 is 2.00 bits per heavy atom. The van der Waals surface area contributed by atoms with Crippen LogP contribution < -0.4 is 22.1 Å². The van der Waals surface area contributed by atoms with E-state index < -0.39 is 6.03 Å². The lowest BCUT2D eigenvalue weighted by Crippen LogP contribution is -2.37. The molecule has 2 aromatic rings. The van der Waals surface area contributed by atoms with Gasteiger partial charge >= 0.3 is 6.03 Å². The van der Waals surface area contributed by atoms with Crippen LogP contribution in [0, 0.1) is 6.92 Å². The molecule has 0 aliphatic heterocycles. The van der Waals surface area contributed by atoms with Crippen molar-refractivity contribution in [3.63, 3.8) is 0 Å². The molecule has 9 heteroatoms. The standard InChI is InChI=1S/C11H16N6O2S/c1-5-6-7(12)8(20-10(6)17(2)16-5)9(18)14-3-4-15-11(13)19/h3-4,12H2,1-2H3,(H,14,18)(H3,13,15,19). The minimum absolute atomic E-state index is 0.269. The molecule has 0 fully saturated rings. The third-order valence-corrected chi connectivity index (χ3v) is 4.07. The number of aromatic nitrogens is 2. The first-order valence-corrected chi connectivity index (χ1v) is 6.76. The van der Waals surface area contributed by atoms with Crippen molar-refractivity contribution in [1.29, 1.82) is 0 Å². The first-order chi connectivity index (χ1) is 9.41. The summed E-state index contributed by atoms with van der Waals surface area (Å²) in [6, 6.07) is -0.623. The number of fused-ring (bicyclic) bond motifs is 1. The van der Waals surface area contributed by atoms with Crippen molar-refractivity contribution in [3.8, 4) is 0 Å². The number of rotatable bonds is 4. The second-order valence-corrected chi connectivity index (χ2v) is 5.28. The number of anilines is 1. The fourth-order valence-electron chi connectivity index (χ4n) is 1.94. The van der Waals surface area contributed by atoms with Crippen LogP contribution >= 0.6 is 11.3 Å². The molecule has 0 aromatic carbocycles. The average Bonchev–Trinajstić information content (AvgIpc) is 2.85. The molecule has 2 heterocycles. The Kier molecular flexibility index (Phi) is 3.79. The summed E-state index contributed by atoms with van der Waals surface area (Å²) < 4.78 is 1.71. The van der Waals surface area contributed by atoms with Crippen molar-refractivity contribution in [2.75, 3.05) is 18.8 Å². The number of nitrogen functional groups attached to an aromatic ring is 1. The summed E-state index contributed by atoms with van der Waals surface area (Å²) in [6.45, 7) is 2.41. The Labute approximate surface area is 119 Å². The summed E-state index contributed by atoms with van der Waals surface area (Å²) in [6.07, 6.45) is 0. The van der Waals surface area contributed by atoms with Gasteiger partial charge in [-0.1, -0.05) is 0 Å². The first kappa shape index (κ1) is 14.1. The highest BCUT2D eigenvalue weighted by atomic mass is 32.1. The van der Waals surface area contributed by atoms with Crippen LogP contribution in [-0.4, -0.2) is 34.8 Å². The Morgan fingerprint density at radius 3 is 2.60 bits per heavy atom. The smallest absolute Gasteiger partial charge is 0.312 e. The summed E-state index contributed by atoms with van der Waals surface area (Å²) in [4.78, 5) is 23.9. The number of primary amides is 1. The summed E-state index contributed by atoms with van der Waals surface area (Å²) in [5.74, 6) is -0.269. The minimum atomic E-state index is -0.623. The van der Waals surface area contributed by atoms with Crippen LogP contribution in [-0.2, 0) is 7.05 Å². The number of carbonyl (C=O) groups is 2. The van der Waals surface area contributed by atoms with E-state index in [1.807, 2.05) is 14.0 Å². The molecular formula is C11H16N6O2S. The van der Waals surface area contributed by atoms with E-state index in [9.17, 15) is 9.59 Å². The van der Waals surface area contributed by atoms with Gasteiger partial charge in [-0.2, -0.15) is 5.10 Å². The molecule has 0 saturated heterocycles. The van der Waals surface area contributed by atoms with E-state index in [0.717, 1.165) is 15.9 Å². The van der Waals surface area contributed by atoms with Gasteiger partial charge in [0.1, 0.15) is 9.71 Å². The molecule has 6 N–H and O–H groups in total. The molecule has 0 saturated carbocycles. The van der Waals surface area contributed by atoms with E-state index in [0.29, 0.717) is 10.6 Å². The van der Waals surface area contributed by atoms with Crippen LogP contribution in [0.5, 0.6) is 0 Å². The molecule has 0 aliphatic carbocycles. The van der Waals surface area contributed by atoms with Crippen molar-refractivity contribution >= 4 is 39.2 Å². The number of amides is 3. The molecule has 2 rings (SSSR count). The molecule has 2 aromatic heterocycles. The number of aryl methyl sites for hydroxylation is 2. The Hall–Kier alpha value is -2.29. The number of nitrogens with one attached hydrogen (secondary N) is 2. The van der Waals surface area contributed by atoms with Gasteiger partial charge in [-0.25, -0.2) is 4.79 Å². The van der Waals surface area contributed by atoms with E-state index in [-0.39, 0.29) is 19.0 Å². The maximum Gasteiger partial charge on any atom is 0.312 e. The van der Waals surface area contributed by atoms with Crippen molar-refractivity contribution in [2.45, 2.75) is 6.92 Å². The molecule has 0 unspecified atom stereocenters. The largest absolute Gasteiger partial charge is 0.397 e. The maximum atomic E-state index is 12.0. The number of nitrogens with zero attached hydrogens (tertiary/aromatic N) is 2. The van der Waals surface area contributed by atoms with Gasteiger partial charge in [0.05, 0.1) is 16.8 Å². The fourth-order valence-corrected chi connectivity index (χ4v) is 3.04. The predicted octanol–water partition coefficient (Wildman–Crippen LogP) is -0.0765. The van der Waals surface area contributed by atoms with E-state index in [1.165, 1.54) is 11.3 Å². The molecular weight excluding hydrogens is 280 g/mol. The maximum absolute atomic E-state index is 12.0. The quantitative estimate of drug-likeness (QED) is 0.588. The molecule has 0 radical (unpaired) electrons. The SMILES string of the molecule is Cc1nn(C)c2sc(C(=O)NCCNC(N)=O)c(N)c12. The number of thiophene rings is 1. The van der Waals surface area contributed by atoms with Gasteiger partial charge in [-0.05, 0) is 6.92 Å². The Balaban J connectivity index is 2.12. The average molecular weight is 296 g/mol. The molecule has 0 bridgehead atoms. The molecule has 3 amide bonds. The molecule has 0 atom stereocenters. The lowest BCUT2D eigenvalue weighted by molar-refractivity contribution is 0.0959. The molecule has 0 spiro atoms. The molecule has 0 aliphatic rings. The first-order valence-electron chi connectivity index (χ1n) is 5.95. The number of hydrogen-bond donors (Lipinski definition) is 4. The van der Waals surface area contributed by atoms with Gasteiger partial charge in [0.15, 0.2) is 0 Å². The van der Waals surface area contributed by atoms with E-state index in [2.05, 4.69) is 15.7 Å². The van der Waals surface area contributed by atoms with Gasteiger partial charge in [-0.15, -0.1) is 11.3 Å². The van der Waals surface area contributed by atoms with Crippen molar-refractivity contribution in [3.05, 3.63) is 10.6 Å². The van der Waals surface area contributed by atoms with Crippen molar-refractivity contribution in [2.24, 2.45) is 12.8 Å². The second kappa shape index (κ2) is 5.37. The number of hydrogen-bond acceptors (Lipinski definition) is 5. The lowest BCUT2D eigenvalue weighted by atomic mass is 10.2. The number of urea groups is 1. The second-order valence-electron chi connectivity index (χ2n) is 4.28. The normalized spacial score (nSPS) is 10.7. The lowest BCUT2D eigenvalue weighted by Gasteiger charge is -2.04. The van der Waals surface area contributed by atoms with E-state index in [4.69, 9.17) is 11.5 Å². The minimum Gasteiger partial charge on any atom is -0.397 e. The highest BCUT2D eigenvalue weighted by molar-refractivity contribution is 7.21. The molecule has 8 nitrogen and oxygen atoms in total. The zero-order valence-corrected chi connectivity index (χ0v) is 12.0. The van der Waals surface area contributed by atoms with Crippen molar-refractivity contribution < 1.29 is 9.59 Å². The Morgan fingerprint density at radius 1 is 1.35 bits per heavy atom. The highest BCUT2D eigenvalue weighted by Gasteiger charge is 2.20. The van der Waals surface area contributed by atoms with Gasteiger partial charge in [0.2, 0.25) is 0 Å². The van der Waals surface area contributed by atoms with E-state index >= 15 is 0 Å². The van der Waals surface area contributed by atoms with E-state index in [1.54, 1.807) is 4.68 Å². The van der Waals surface area contributed by atoms with Gasteiger partial charge < -0.3 is 22.1 Å². The third-order valence-electron chi connectivity index (χ3n) is 2.80. The predicted molar refractivity (Wildman–Crippen MR) is 77.7 cm³/mol. The summed E-state index contributed by atoms with van der Waals surface area (Å²) in [5, 5.41) is 10.1. The van der Waals surface area contributed by atoms with Crippen LogP contribution in [0.1, 0.15) is 15.4 Å². The van der Waals surface area contributed by atoms with Crippen LogP contribution in [0.2, 0.25) is 0 Å². The Bertz CT molecular complexity index is 674. The van der Waals surface area contributed by atoms with Gasteiger partial charge in [0.25, 0.3) is 5.91 Å². The third kappa shape index (κ3) is 2.52. The summed E-state index contributed by atoms with van der Waals surface area (Å²) in [5.41, 5.74) is 12.2. The van der Waals surface area contributed by atoms with Crippen LogP contribution in [0.3, 0.4) is 0 Å². The monoisotopic (exact) mass is 296 g/mol. The van der Waals surface area contributed by atoms with Crippen molar-refractivity contribution in [1.82, 2.24) is 20.4 Å². The zero-order chi connectivity index (χ0) is 14.9. The van der Waals surface area contributed by atoms with Crippen LogP contribution in [0.15, 0.2) is 0 Å². The number of carbonyl (C=O) groups excluding carboxylic acids is 2. The molecule has 108 valence electrons. The van der Waals surface area contributed by atoms with Gasteiger partial charge in [0, 0.05) is 20.1 Å². The van der Waals surface area contributed by atoms with Gasteiger partial charge in [-0.3, -0.25) is 9.48 Å². The number of nitrogens with two attached hydrogens (primary N) is 2. The topological polar surface area (TPSA) is 128 Å². The molecule has 20 heavy (non-hydrogen) atoms. The summed E-state index contributed by atoms with van der Waals surface area (Å²) in [7, 11) is 1.81. The summed E-state index contributed by atoms with van der Waals surface area (Å²) >= 11 is 1.30. The fraction of sp³-hybridized carbons (Fsp3) is 0.364. The van der Waals surface area contributed by atoms with Crippen LogP contribution in [0.4, 0.5) is 10.5 Å². The van der Waals surface area contributed by atoms with Crippen LogP contribution in [0.25, 0.3) is 10.2 Å². The highest BCUT2D eigenvalue weighted by Crippen LogP contribution is 2.35. The zero-order valence-electron chi connectivity index (χ0n) is 11.2.